The summed E-state index contributed by atoms with van der Waals surface area (Å²) in [4.78, 5) is 46.3. The summed E-state index contributed by atoms with van der Waals surface area (Å²) in [5, 5.41) is 12.3. The number of aromatic nitrogens is 4. The molecule has 0 unspecified atom stereocenters. The Morgan fingerprint density at radius 2 is 1.79 bits per heavy atom. The molecule has 0 saturated heterocycles. The highest BCUT2D eigenvalue weighted by Crippen LogP contribution is 2.40. The molecule has 1 fully saturated rings. The number of anilines is 2. The van der Waals surface area contributed by atoms with Crippen molar-refractivity contribution in [3.8, 4) is 11.6 Å². The van der Waals surface area contributed by atoms with Crippen molar-refractivity contribution in [2.75, 3.05) is 5.32 Å². The van der Waals surface area contributed by atoms with Gasteiger partial charge >= 0.3 is 17.3 Å². The molecule has 0 atom stereocenters. The number of hydrogen-bond donors (Lipinski definition) is 2. The van der Waals surface area contributed by atoms with E-state index >= 15 is 0 Å². The van der Waals surface area contributed by atoms with Gasteiger partial charge in [-0.2, -0.15) is 4.98 Å². The quantitative estimate of drug-likeness (QED) is 0.310. The fourth-order valence-corrected chi connectivity index (χ4v) is 4.46. The molecule has 5 rings (SSSR count). The van der Waals surface area contributed by atoms with E-state index in [0.717, 1.165) is 15.7 Å². The fraction of sp³-hybridized carbons (Fsp3) is 0.207. The second kappa shape index (κ2) is 10.8. The number of aliphatic carboxylic acids is 1. The number of benzene rings is 2. The summed E-state index contributed by atoms with van der Waals surface area (Å²) in [5.74, 6) is -0.223. The molecule has 1 aliphatic rings. The first-order valence-electron chi connectivity index (χ1n) is 12.5. The molecule has 39 heavy (non-hydrogen) atoms. The highest BCUT2D eigenvalue weighted by Gasteiger charge is 2.37. The summed E-state index contributed by atoms with van der Waals surface area (Å²) >= 11 is 0. The number of carboxylic acid groups (broad SMARTS) is 1. The topological polar surface area (TPSA) is 128 Å². The van der Waals surface area contributed by atoms with Crippen LogP contribution in [0.1, 0.15) is 30.0 Å². The molecule has 0 spiro atoms. The van der Waals surface area contributed by atoms with E-state index in [1.165, 1.54) is 4.57 Å². The molecule has 10 heteroatoms. The van der Waals surface area contributed by atoms with Crippen molar-refractivity contribution in [3.05, 3.63) is 117 Å². The molecule has 1 aliphatic carbocycles. The number of ether oxygens (including phenoxy) is 1. The van der Waals surface area contributed by atoms with Gasteiger partial charge in [0.15, 0.2) is 0 Å². The molecular weight excluding hydrogens is 498 g/mol. The van der Waals surface area contributed by atoms with Gasteiger partial charge in [0.05, 0.1) is 6.54 Å². The number of carbonyl (C=O) groups is 1. The smallest absolute Gasteiger partial charge is 0.355 e. The van der Waals surface area contributed by atoms with Crippen LogP contribution in [0, 0.1) is 12.8 Å². The Labute approximate surface area is 223 Å². The number of nitrogens with one attached hydrogen (secondary N) is 1. The van der Waals surface area contributed by atoms with Gasteiger partial charge < -0.3 is 15.2 Å². The fourth-order valence-electron chi connectivity index (χ4n) is 4.46. The molecule has 4 aromatic rings. The predicted octanol–water partition coefficient (Wildman–Crippen LogP) is 4.28. The summed E-state index contributed by atoms with van der Waals surface area (Å²) in [6.07, 6.45) is 2.33. The zero-order chi connectivity index (χ0) is 27.5. The van der Waals surface area contributed by atoms with E-state index < -0.39 is 23.4 Å². The van der Waals surface area contributed by atoms with Crippen molar-refractivity contribution >= 4 is 17.6 Å². The summed E-state index contributed by atoms with van der Waals surface area (Å²) < 4.78 is 8.27. The van der Waals surface area contributed by atoms with Gasteiger partial charge in [-0.15, -0.1) is 0 Å². The maximum atomic E-state index is 13.7. The monoisotopic (exact) mass is 525 g/mol. The van der Waals surface area contributed by atoms with Crippen molar-refractivity contribution in [1.82, 2.24) is 19.1 Å². The summed E-state index contributed by atoms with van der Waals surface area (Å²) in [5.41, 5.74) is 1.43. The lowest BCUT2D eigenvalue weighted by atomic mass is 9.76. The SMILES string of the molecule is C=C(C(=O)O)C1CC(n2c(=O)nc(Nc3ccc(Oc4ccccn4)cc3)n(Cc3ccc(C)cc3)c2=O)C1. The number of rotatable bonds is 9. The van der Waals surface area contributed by atoms with E-state index in [-0.39, 0.29) is 24.0 Å². The summed E-state index contributed by atoms with van der Waals surface area (Å²) in [6.45, 7) is 5.78. The van der Waals surface area contributed by atoms with Gasteiger partial charge in [0.2, 0.25) is 11.8 Å². The van der Waals surface area contributed by atoms with E-state index in [4.69, 9.17) is 4.74 Å². The lowest BCUT2D eigenvalue weighted by Crippen LogP contribution is -2.48. The number of carboxylic acids is 1. The van der Waals surface area contributed by atoms with Crippen molar-refractivity contribution in [3.63, 3.8) is 0 Å². The van der Waals surface area contributed by atoms with Crippen molar-refractivity contribution in [1.29, 1.82) is 0 Å². The predicted molar refractivity (Wildman–Crippen MR) is 146 cm³/mol. The van der Waals surface area contributed by atoms with Crippen LogP contribution in [0.15, 0.2) is 94.7 Å². The minimum absolute atomic E-state index is 0.0843. The van der Waals surface area contributed by atoms with Gasteiger partial charge in [-0.25, -0.2) is 23.9 Å². The second-order valence-electron chi connectivity index (χ2n) is 9.51. The highest BCUT2D eigenvalue weighted by molar-refractivity contribution is 5.86. The maximum absolute atomic E-state index is 13.7. The van der Waals surface area contributed by atoms with Crippen LogP contribution in [0.4, 0.5) is 11.6 Å². The summed E-state index contributed by atoms with van der Waals surface area (Å²) in [6, 6.07) is 19.6. The van der Waals surface area contributed by atoms with E-state index in [1.54, 1.807) is 42.6 Å². The van der Waals surface area contributed by atoms with Crippen LogP contribution in [0.25, 0.3) is 0 Å². The molecule has 10 nitrogen and oxygen atoms in total. The molecular formula is C29H27N5O5. The molecule has 198 valence electrons. The van der Waals surface area contributed by atoms with Crippen LogP contribution in [-0.2, 0) is 11.3 Å². The largest absolute Gasteiger partial charge is 0.478 e. The molecule has 0 aliphatic heterocycles. The third-order valence-corrected chi connectivity index (χ3v) is 6.78. The van der Waals surface area contributed by atoms with Gasteiger partial charge in [-0.05, 0) is 61.6 Å². The van der Waals surface area contributed by atoms with Gasteiger partial charge in [0.1, 0.15) is 5.75 Å². The molecule has 2 aromatic heterocycles. The molecule has 2 aromatic carbocycles. The standard InChI is InChI=1S/C29H27N5O5/c1-18-6-8-20(9-7-18)17-33-27(31-22-10-12-24(13-11-22)39-25-5-3-4-14-30-25)32-28(37)34(29(33)38)23-15-21(16-23)19(2)26(35)36/h3-14,21,23H,2,15-17H2,1H3,(H,35,36)(H,31,32,37). The molecule has 2 heterocycles. The van der Waals surface area contributed by atoms with Gasteiger partial charge in [-0.3, -0.25) is 4.57 Å². The first kappa shape index (κ1) is 25.7. The lowest BCUT2D eigenvalue weighted by Gasteiger charge is -2.36. The number of pyridine rings is 1. The number of nitrogens with zero attached hydrogens (tertiary/aromatic N) is 4. The van der Waals surface area contributed by atoms with Crippen LogP contribution in [0.3, 0.4) is 0 Å². The van der Waals surface area contributed by atoms with E-state index in [1.807, 2.05) is 37.3 Å². The molecule has 0 radical (unpaired) electrons. The minimum Gasteiger partial charge on any atom is -0.478 e. The third-order valence-electron chi connectivity index (χ3n) is 6.78. The molecule has 1 saturated carbocycles. The van der Waals surface area contributed by atoms with Crippen LogP contribution < -0.4 is 21.4 Å². The second-order valence-corrected chi connectivity index (χ2v) is 9.51. The molecule has 2 N–H and O–H groups in total. The lowest BCUT2D eigenvalue weighted by molar-refractivity contribution is -0.133. The van der Waals surface area contributed by atoms with Crippen molar-refractivity contribution in [2.24, 2.45) is 5.92 Å². The molecule has 0 bridgehead atoms. The van der Waals surface area contributed by atoms with Crippen LogP contribution >= 0.6 is 0 Å². The van der Waals surface area contributed by atoms with Gasteiger partial charge in [0, 0.05) is 29.6 Å². The Balaban J connectivity index is 1.44. The number of hydrogen-bond acceptors (Lipinski definition) is 7. The Morgan fingerprint density at radius 1 is 1.08 bits per heavy atom. The van der Waals surface area contributed by atoms with Crippen molar-refractivity contribution in [2.45, 2.75) is 32.4 Å². The van der Waals surface area contributed by atoms with E-state index in [9.17, 15) is 19.5 Å². The minimum atomic E-state index is -1.07. The Morgan fingerprint density at radius 3 is 2.44 bits per heavy atom. The van der Waals surface area contributed by atoms with E-state index in [2.05, 4.69) is 21.9 Å². The summed E-state index contributed by atoms with van der Waals surface area (Å²) in [7, 11) is 0. The zero-order valence-corrected chi connectivity index (χ0v) is 21.3. The first-order chi connectivity index (χ1) is 18.8. The number of aryl methyl sites for hydroxylation is 1. The average Bonchev–Trinajstić information content (AvgIpc) is 2.90. The van der Waals surface area contributed by atoms with Gasteiger partial charge in [0.25, 0.3) is 0 Å². The third kappa shape index (κ3) is 5.64. The zero-order valence-electron chi connectivity index (χ0n) is 21.3. The Hall–Kier alpha value is -4.99. The Bertz CT molecular complexity index is 1620. The first-order valence-corrected chi connectivity index (χ1v) is 12.5. The average molecular weight is 526 g/mol. The van der Waals surface area contributed by atoms with Crippen LogP contribution in [0.2, 0.25) is 0 Å². The Kier molecular flexibility index (Phi) is 7.09. The van der Waals surface area contributed by atoms with Crippen LogP contribution in [-0.4, -0.2) is 30.2 Å². The van der Waals surface area contributed by atoms with Crippen LogP contribution in [0.5, 0.6) is 11.6 Å². The van der Waals surface area contributed by atoms with Crippen molar-refractivity contribution < 1.29 is 14.6 Å². The normalized spacial score (nSPS) is 16.2. The highest BCUT2D eigenvalue weighted by atomic mass is 16.5. The van der Waals surface area contributed by atoms with E-state index in [0.29, 0.717) is 30.2 Å². The molecule has 0 amide bonds. The van der Waals surface area contributed by atoms with Gasteiger partial charge in [-0.1, -0.05) is 42.5 Å². The maximum Gasteiger partial charge on any atom is 0.355 e.